The standard InChI is InChI=1S/C25H28FNO4S/c1-7-32-24-14(2)21(28)19-13-16(26)12-18(22(19)30-24)15(3)27-20-11-9-8-10-17(20)23(29)31-25(4,5)6/h8-13,15,27H,7H2,1-6H3. The van der Waals surface area contributed by atoms with E-state index in [1.807, 2.05) is 13.8 Å². The lowest BCUT2D eigenvalue weighted by molar-refractivity contribution is 0.00706. The summed E-state index contributed by atoms with van der Waals surface area (Å²) in [6.07, 6.45) is 0. The fourth-order valence-electron chi connectivity index (χ4n) is 3.38. The number of rotatable bonds is 6. The Balaban J connectivity index is 2.06. The Kier molecular flexibility index (Phi) is 6.98. The molecule has 0 bridgehead atoms. The molecule has 0 radical (unpaired) electrons. The lowest BCUT2D eigenvalue weighted by Gasteiger charge is -2.22. The molecule has 0 aliphatic carbocycles. The summed E-state index contributed by atoms with van der Waals surface area (Å²) < 4.78 is 26.0. The van der Waals surface area contributed by atoms with Gasteiger partial charge in [-0.1, -0.05) is 30.8 Å². The monoisotopic (exact) mass is 457 g/mol. The van der Waals surface area contributed by atoms with E-state index in [1.54, 1.807) is 52.0 Å². The van der Waals surface area contributed by atoms with Crippen molar-refractivity contribution in [3.8, 4) is 0 Å². The molecule has 1 N–H and O–H groups in total. The lowest BCUT2D eigenvalue weighted by Crippen LogP contribution is -2.24. The van der Waals surface area contributed by atoms with Gasteiger partial charge in [-0.3, -0.25) is 4.79 Å². The highest BCUT2D eigenvalue weighted by Gasteiger charge is 2.23. The zero-order valence-electron chi connectivity index (χ0n) is 19.2. The minimum Gasteiger partial charge on any atom is -0.456 e. The largest absolute Gasteiger partial charge is 0.456 e. The third kappa shape index (κ3) is 5.15. The number of carbonyl (C=O) groups is 1. The molecule has 0 aliphatic rings. The Hall–Kier alpha value is -2.80. The number of para-hydroxylation sites is 1. The van der Waals surface area contributed by atoms with E-state index >= 15 is 0 Å². The number of nitrogens with one attached hydrogen (secondary N) is 1. The molecule has 170 valence electrons. The highest BCUT2D eigenvalue weighted by Crippen LogP contribution is 2.32. The summed E-state index contributed by atoms with van der Waals surface area (Å²) in [5.41, 5.74) is 1.34. The molecule has 0 aliphatic heterocycles. The van der Waals surface area contributed by atoms with E-state index in [9.17, 15) is 14.0 Å². The molecule has 0 saturated heterocycles. The number of ether oxygens (including phenoxy) is 1. The van der Waals surface area contributed by atoms with Gasteiger partial charge in [0, 0.05) is 16.8 Å². The number of thioether (sulfide) groups is 1. The molecule has 0 fully saturated rings. The van der Waals surface area contributed by atoms with E-state index in [0.717, 1.165) is 5.75 Å². The zero-order valence-corrected chi connectivity index (χ0v) is 20.0. The van der Waals surface area contributed by atoms with Gasteiger partial charge in [-0.2, -0.15) is 0 Å². The maximum Gasteiger partial charge on any atom is 0.340 e. The van der Waals surface area contributed by atoms with E-state index in [4.69, 9.17) is 9.15 Å². The van der Waals surface area contributed by atoms with Crippen LogP contribution in [0.5, 0.6) is 0 Å². The minimum absolute atomic E-state index is 0.201. The molecule has 32 heavy (non-hydrogen) atoms. The van der Waals surface area contributed by atoms with Crippen LogP contribution in [-0.4, -0.2) is 17.3 Å². The van der Waals surface area contributed by atoms with Crippen molar-refractivity contribution < 1.29 is 18.3 Å². The second-order valence-corrected chi connectivity index (χ2v) is 9.80. The van der Waals surface area contributed by atoms with Crippen molar-refractivity contribution in [3.05, 3.63) is 69.1 Å². The number of carbonyl (C=O) groups excluding carboxylic acids is 1. The van der Waals surface area contributed by atoms with Crippen molar-refractivity contribution in [1.29, 1.82) is 0 Å². The second-order valence-electron chi connectivity index (χ2n) is 8.56. The molecule has 0 saturated carbocycles. The molecule has 3 rings (SSSR count). The van der Waals surface area contributed by atoms with Gasteiger partial charge in [0.2, 0.25) is 0 Å². The number of esters is 1. The molecule has 7 heteroatoms. The van der Waals surface area contributed by atoms with Gasteiger partial charge in [0.1, 0.15) is 17.0 Å². The topological polar surface area (TPSA) is 68.5 Å². The predicted octanol–water partition coefficient (Wildman–Crippen LogP) is 6.48. The van der Waals surface area contributed by atoms with Crippen LogP contribution in [0.25, 0.3) is 11.0 Å². The summed E-state index contributed by atoms with van der Waals surface area (Å²) in [4.78, 5) is 25.5. The van der Waals surface area contributed by atoms with Crippen LogP contribution < -0.4 is 10.7 Å². The summed E-state index contributed by atoms with van der Waals surface area (Å²) in [7, 11) is 0. The second kappa shape index (κ2) is 9.36. The van der Waals surface area contributed by atoms with Gasteiger partial charge in [0.05, 0.1) is 17.0 Å². The van der Waals surface area contributed by atoms with Gasteiger partial charge >= 0.3 is 5.97 Å². The number of anilines is 1. The summed E-state index contributed by atoms with van der Waals surface area (Å²) in [5.74, 6) is -0.243. The van der Waals surface area contributed by atoms with Crippen LogP contribution in [0, 0.1) is 12.7 Å². The Bertz CT molecular complexity index is 1210. The SMILES string of the molecule is CCSc1oc2c(C(C)Nc3ccccc3C(=O)OC(C)(C)C)cc(F)cc2c(=O)c1C. The highest BCUT2D eigenvalue weighted by atomic mass is 32.2. The first-order valence-corrected chi connectivity index (χ1v) is 11.5. The van der Waals surface area contributed by atoms with E-state index in [1.165, 1.54) is 23.9 Å². The van der Waals surface area contributed by atoms with Crippen LogP contribution in [0.15, 0.2) is 50.7 Å². The van der Waals surface area contributed by atoms with Gasteiger partial charge in [-0.15, -0.1) is 0 Å². The third-order valence-corrected chi connectivity index (χ3v) is 5.77. The first-order valence-electron chi connectivity index (χ1n) is 10.5. The number of halogens is 1. The molecule has 5 nitrogen and oxygen atoms in total. The Morgan fingerprint density at radius 1 is 1.25 bits per heavy atom. The summed E-state index contributed by atoms with van der Waals surface area (Å²) in [6, 6.07) is 9.09. The molecule has 0 amide bonds. The number of hydrogen-bond donors (Lipinski definition) is 1. The van der Waals surface area contributed by atoms with Crippen LogP contribution in [0.3, 0.4) is 0 Å². The Morgan fingerprint density at radius 3 is 2.59 bits per heavy atom. The van der Waals surface area contributed by atoms with Gasteiger partial charge in [-0.25, -0.2) is 9.18 Å². The molecule has 1 heterocycles. The molecular formula is C25H28FNO4S. The van der Waals surface area contributed by atoms with Gasteiger partial charge in [-0.05, 0) is 64.6 Å². The molecule has 0 spiro atoms. The fourth-order valence-corrected chi connectivity index (χ4v) is 4.10. The third-order valence-electron chi connectivity index (χ3n) is 4.83. The zero-order chi connectivity index (χ0) is 23.6. The average molecular weight is 458 g/mol. The molecular weight excluding hydrogens is 429 g/mol. The minimum atomic E-state index is -0.636. The van der Waals surface area contributed by atoms with Crippen LogP contribution in [-0.2, 0) is 4.74 Å². The van der Waals surface area contributed by atoms with Crippen molar-refractivity contribution >= 4 is 34.4 Å². The maximum absolute atomic E-state index is 14.5. The summed E-state index contributed by atoms with van der Waals surface area (Å²) in [6.45, 7) is 10.9. The normalized spacial score (nSPS) is 12.6. The van der Waals surface area contributed by atoms with Crippen molar-refractivity contribution in [3.63, 3.8) is 0 Å². The van der Waals surface area contributed by atoms with Crippen molar-refractivity contribution in [2.45, 2.75) is 58.3 Å². The lowest BCUT2D eigenvalue weighted by atomic mass is 10.0. The van der Waals surface area contributed by atoms with Crippen molar-refractivity contribution in [2.24, 2.45) is 0 Å². The van der Waals surface area contributed by atoms with Gasteiger partial charge in [0.15, 0.2) is 10.5 Å². The molecule has 3 aromatic rings. The molecule has 2 aromatic carbocycles. The first-order chi connectivity index (χ1) is 15.0. The quantitative estimate of drug-likeness (QED) is 0.337. The van der Waals surface area contributed by atoms with Crippen molar-refractivity contribution in [1.82, 2.24) is 0 Å². The van der Waals surface area contributed by atoms with Crippen molar-refractivity contribution in [2.75, 3.05) is 11.1 Å². The fraction of sp³-hybridized carbons (Fsp3) is 0.360. The van der Waals surface area contributed by atoms with Gasteiger partial charge in [0.25, 0.3) is 0 Å². The number of benzene rings is 2. The van der Waals surface area contributed by atoms with E-state index < -0.39 is 23.4 Å². The first kappa shape index (κ1) is 23.9. The Labute approximate surface area is 191 Å². The van der Waals surface area contributed by atoms with E-state index in [2.05, 4.69) is 5.32 Å². The molecule has 1 aromatic heterocycles. The molecule has 1 atom stereocenters. The summed E-state index contributed by atoms with van der Waals surface area (Å²) >= 11 is 1.43. The van der Waals surface area contributed by atoms with Crippen LogP contribution in [0.4, 0.5) is 10.1 Å². The number of hydrogen-bond acceptors (Lipinski definition) is 6. The molecule has 1 unspecified atom stereocenters. The highest BCUT2D eigenvalue weighted by molar-refractivity contribution is 7.99. The van der Waals surface area contributed by atoms with E-state index in [-0.39, 0.29) is 10.8 Å². The maximum atomic E-state index is 14.5. The van der Waals surface area contributed by atoms with Crippen LogP contribution >= 0.6 is 11.8 Å². The summed E-state index contributed by atoms with van der Waals surface area (Å²) in [5, 5.41) is 3.99. The van der Waals surface area contributed by atoms with Crippen LogP contribution in [0.2, 0.25) is 0 Å². The Morgan fingerprint density at radius 2 is 1.94 bits per heavy atom. The number of fused-ring (bicyclic) bond motifs is 1. The average Bonchev–Trinajstić information content (AvgIpc) is 2.71. The smallest absolute Gasteiger partial charge is 0.340 e. The van der Waals surface area contributed by atoms with Crippen LogP contribution in [0.1, 0.15) is 62.1 Å². The predicted molar refractivity (Wildman–Crippen MR) is 127 cm³/mol. The van der Waals surface area contributed by atoms with Gasteiger partial charge < -0.3 is 14.5 Å². The van der Waals surface area contributed by atoms with E-state index in [0.29, 0.717) is 33.1 Å².